The summed E-state index contributed by atoms with van der Waals surface area (Å²) in [6.45, 7) is 1.02. The molecule has 6 nitrogen and oxygen atoms in total. The van der Waals surface area contributed by atoms with Crippen molar-refractivity contribution in [2.24, 2.45) is 10.1 Å². The Morgan fingerprint density at radius 3 is 2.78 bits per heavy atom. The fourth-order valence-corrected chi connectivity index (χ4v) is 3.76. The third kappa shape index (κ3) is 4.76. The Bertz CT molecular complexity index is 1030. The van der Waals surface area contributed by atoms with Crippen LogP contribution in [0.15, 0.2) is 57.9 Å². The molecule has 0 atom stereocenters. The monoisotopic (exact) mass is 495 g/mol. The van der Waals surface area contributed by atoms with E-state index in [1.807, 2.05) is 29.6 Å². The van der Waals surface area contributed by atoms with E-state index in [4.69, 9.17) is 4.74 Å². The molecule has 2 aromatic carbocycles. The number of benzene rings is 2. The summed E-state index contributed by atoms with van der Waals surface area (Å²) in [5.41, 5.74) is 2.24. The average Bonchev–Trinajstić information content (AvgIpc) is 3.04. The lowest BCUT2D eigenvalue weighted by atomic mass is 10.1. The molecule has 1 heterocycles. The zero-order valence-electron chi connectivity index (χ0n) is 14.5. The average molecular weight is 495 g/mol. The molecule has 3 rings (SSSR count). The van der Waals surface area contributed by atoms with Gasteiger partial charge in [0.25, 0.3) is 0 Å². The van der Waals surface area contributed by atoms with Gasteiger partial charge in [0, 0.05) is 33.3 Å². The van der Waals surface area contributed by atoms with E-state index >= 15 is 0 Å². The third-order valence-electron chi connectivity index (χ3n) is 3.70. The zero-order chi connectivity index (χ0) is 19.2. The van der Waals surface area contributed by atoms with Crippen molar-refractivity contribution in [1.29, 1.82) is 0 Å². The van der Waals surface area contributed by atoms with Gasteiger partial charge in [-0.2, -0.15) is 5.10 Å². The Balaban J connectivity index is 2.09. The van der Waals surface area contributed by atoms with E-state index in [0.717, 1.165) is 9.13 Å². The second-order valence-electron chi connectivity index (χ2n) is 5.56. The fourth-order valence-electron chi connectivity index (χ4n) is 2.37. The maximum absolute atomic E-state index is 10.2. The summed E-state index contributed by atoms with van der Waals surface area (Å²) < 4.78 is 7.84. The van der Waals surface area contributed by atoms with Gasteiger partial charge >= 0.3 is 0 Å². The van der Waals surface area contributed by atoms with Gasteiger partial charge in [0.1, 0.15) is 11.5 Å². The molecule has 2 N–H and O–H groups in total. The molecular formula is C19H18IN3O3S. The van der Waals surface area contributed by atoms with E-state index in [9.17, 15) is 10.2 Å². The molecule has 3 aromatic rings. The molecule has 0 fully saturated rings. The predicted molar refractivity (Wildman–Crippen MR) is 116 cm³/mol. The van der Waals surface area contributed by atoms with Crippen molar-refractivity contribution in [2.45, 2.75) is 0 Å². The number of aromatic hydroxyl groups is 2. The van der Waals surface area contributed by atoms with E-state index < -0.39 is 0 Å². The second-order valence-corrected chi connectivity index (χ2v) is 7.56. The third-order valence-corrected chi connectivity index (χ3v) is 5.54. The first kappa shape index (κ1) is 19.6. The van der Waals surface area contributed by atoms with Crippen molar-refractivity contribution in [3.05, 3.63) is 61.8 Å². The number of phenolic OH excluding ortho intramolecular Hbond substituents is 2. The Labute approximate surface area is 174 Å². The minimum Gasteiger partial charge on any atom is -0.508 e. The Kier molecular flexibility index (Phi) is 6.64. The van der Waals surface area contributed by atoms with Gasteiger partial charge in [-0.25, -0.2) is 4.68 Å². The Hall–Kier alpha value is -2.17. The van der Waals surface area contributed by atoms with Gasteiger partial charge < -0.3 is 14.9 Å². The number of rotatable bonds is 6. The van der Waals surface area contributed by atoms with Crippen LogP contribution >= 0.6 is 33.9 Å². The molecule has 8 heteroatoms. The number of nitrogens with zero attached hydrogens (tertiary/aromatic N) is 3. The van der Waals surface area contributed by atoms with E-state index in [-0.39, 0.29) is 11.5 Å². The first-order valence-electron chi connectivity index (χ1n) is 8.11. The molecule has 0 saturated heterocycles. The lowest BCUT2D eigenvalue weighted by Crippen LogP contribution is -2.14. The van der Waals surface area contributed by atoms with Crippen molar-refractivity contribution in [2.75, 3.05) is 20.3 Å². The van der Waals surface area contributed by atoms with Gasteiger partial charge in [-0.3, -0.25) is 4.99 Å². The first-order valence-corrected chi connectivity index (χ1v) is 10.1. The number of phenols is 2. The topological polar surface area (TPSA) is 79.3 Å². The molecule has 0 radical (unpaired) electrons. The molecule has 0 aliphatic heterocycles. The highest BCUT2D eigenvalue weighted by molar-refractivity contribution is 14.1. The number of ether oxygens (including phenoxy) is 1. The van der Waals surface area contributed by atoms with Gasteiger partial charge in [0.05, 0.1) is 25.1 Å². The molecule has 27 heavy (non-hydrogen) atoms. The largest absolute Gasteiger partial charge is 0.508 e. The van der Waals surface area contributed by atoms with E-state index in [1.165, 1.54) is 23.5 Å². The second kappa shape index (κ2) is 9.16. The highest BCUT2D eigenvalue weighted by atomic mass is 127. The van der Waals surface area contributed by atoms with Crippen LogP contribution in [0, 0.1) is 3.57 Å². The van der Waals surface area contributed by atoms with E-state index in [2.05, 4.69) is 32.7 Å². The Morgan fingerprint density at radius 2 is 2.04 bits per heavy atom. The molecule has 0 aliphatic carbocycles. The summed E-state index contributed by atoms with van der Waals surface area (Å²) in [6, 6.07) is 12.4. The van der Waals surface area contributed by atoms with E-state index in [1.54, 1.807) is 24.1 Å². The maximum Gasteiger partial charge on any atom is 0.206 e. The van der Waals surface area contributed by atoms with Crippen LogP contribution in [0.2, 0.25) is 0 Å². The van der Waals surface area contributed by atoms with Crippen LogP contribution in [0.25, 0.3) is 11.3 Å². The molecule has 140 valence electrons. The van der Waals surface area contributed by atoms with Crippen LogP contribution in [0.1, 0.15) is 5.56 Å². The number of methoxy groups -OCH3 is 1. The summed E-state index contributed by atoms with van der Waals surface area (Å²) in [4.78, 5) is 5.23. The summed E-state index contributed by atoms with van der Waals surface area (Å²) in [5, 5.41) is 26.3. The van der Waals surface area contributed by atoms with Crippen molar-refractivity contribution >= 4 is 40.1 Å². The molecule has 0 unspecified atom stereocenters. The smallest absolute Gasteiger partial charge is 0.206 e. The zero-order valence-corrected chi connectivity index (χ0v) is 17.5. The van der Waals surface area contributed by atoms with Gasteiger partial charge in [-0.1, -0.05) is 18.2 Å². The number of hydrogen-bond donors (Lipinski definition) is 2. The highest BCUT2D eigenvalue weighted by Crippen LogP contribution is 2.32. The molecule has 1 aromatic heterocycles. The fraction of sp³-hybridized carbons (Fsp3) is 0.158. The summed E-state index contributed by atoms with van der Waals surface area (Å²) in [7, 11) is 1.63. The minimum atomic E-state index is -0.0190. The summed E-state index contributed by atoms with van der Waals surface area (Å²) in [6.07, 6.45) is 1.77. The maximum atomic E-state index is 10.2. The number of aromatic nitrogens is 1. The standard InChI is InChI=1S/C19H18IN3O3S/c1-26-9-8-21-19-23(22-11-13-4-2-3-5-16(13)20)17(12-27-19)15-7-6-14(24)10-18(15)25/h2-7,10-12,24-25H,8-9H2,1H3. The van der Waals surface area contributed by atoms with Gasteiger partial charge in [0.15, 0.2) is 0 Å². The number of halogens is 1. The molecule has 0 aliphatic rings. The first-order chi connectivity index (χ1) is 13.1. The van der Waals surface area contributed by atoms with Gasteiger partial charge in [0.2, 0.25) is 4.80 Å². The molecular weight excluding hydrogens is 477 g/mol. The lowest BCUT2D eigenvalue weighted by Gasteiger charge is -2.06. The van der Waals surface area contributed by atoms with E-state index in [0.29, 0.717) is 29.2 Å². The van der Waals surface area contributed by atoms with Crippen LogP contribution < -0.4 is 4.80 Å². The molecule has 0 saturated carbocycles. The normalized spacial score (nSPS) is 12.1. The number of thiazole rings is 1. The van der Waals surface area contributed by atoms with Crippen molar-refractivity contribution in [3.63, 3.8) is 0 Å². The SMILES string of the molecule is COCCN=c1scc(-c2ccc(O)cc2O)n1N=Cc1ccccc1I. The van der Waals surface area contributed by atoms with Crippen LogP contribution in [-0.4, -0.2) is 41.4 Å². The lowest BCUT2D eigenvalue weighted by molar-refractivity contribution is 0.207. The molecule has 0 amide bonds. The highest BCUT2D eigenvalue weighted by Gasteiger charge is 2.12. The Morgan fingerprint density at radius 1 is 1.22 bits per heavy atom. The predicted octanol–water partition coefficient (Wildman–Crippen LogP) is 3.66. The van der Waals surface area contributed by atoms with Crippen LogP contribution in [0.4, 0.5) is 0 Å². The molecule has 0 bridgehead atoms. The summed E-state index contributed by atoms with van der Waals surface area (Å²) in [5.74, 6) is -0.0140. The number of hydrogen-bond acceptors (Lipinski definition) is 6. The van der Waals surface area contributed by atoms with Gasteiger partial charge in [-0.15, -0.1) is 11.3 Å². The minimum absolute atomic E-state index is 0.00498. The van der Waals surface area contributed by atoms with Crippen LogP contribution in [0.5, 0.6) is 11.5 Å². The van der Waals surface area contributed by atoms with Crippen molar-refractivity contribution < 1.29 is 14.9 Å². The van der Waals surface area contributed by atoms with Crippen molar-refractivity contribution in [3.8, 4) is 22.8 Å². The van der Waals surface area contributed by atoms with Crippen molar-refractivity contribution in [1.82, 2.24) is 4.68 Å². The quantitative estimate of drug-likeness (QED) is 0.311. The van der Waals surface area contributed by atoms with Crippen LogP contribution in [-0.2, 0) is 4.74 Å². The van der Waals surface area contributed by atoms with Crippen LogP contribution in [0.3, 0.4) is 0 Å². The summed E-state index contributed by atoms with van der Waals surface area (Å²) >= 11 is 3.69. The van der Waals surface area contributed by atoms with Gasteiger partial charge in [-0.05, 0) is 40.8 Å². The molecule has 0 spiro atoms.